The van der Waals surface area contributed by atoms with Crippen LogP contribution in [0.15, 0.2) is 54.3 Å². The number of piperazine rings is 1. The molecular weight excluding hydrogens is 619 g/mol. The van der Waals surface area contributed by atoms with E-state index in [-0.39, 0.29) is 0 Å². The Morgan fingerprint density at radius 1 is 1.04 bits per heavy atom. The summed E-state index contributed by atoms with van der Waals surface area (Å²) in [5.41, 5.74) is 5.21. The molecule has 1 fully saturated rings. The van der Waals surface area contributed by atoms with Crippen LogP contribution in [0.4, 0.5) is 28.8 Å². The zero-order valence-corrected chi connectivity index (χ0v) is 28.2. The number of rotatable bonds is 10. The van der Waals surface area contributed by atoms with Gasteiger partial charge in [0.25, 0.3) is 0 Å². The largest absolute Gasteiger partial charge is 0.494 e. The maximum atomic E-state index is 13.6. The number of nitrogens with one attached hydrogen (secondary N) is 4. The van der Waals surface area contributed by atoms with Gasteiger partial charge in [-0.3, -0.25) is 9.97 Å². The number of fused-ring (bicyclic) bond motifs is 2. The van der Waals surface area contributed by atoms with Crippen molar-refractivity contribution in [2.45, 2.75) is 0 Å². The van der Waals surface area contributed by atoms with Gasteiger partial charge in [0.2, 0.25) is 5.95 Å². The molecule has 0 aliphatic carbocycles. The highest BCUT2D eigenvalue weighted by Gasteiger charge is 2.24. The number of aromatic nitrogens is 4. The minimum absolute atomic E-state index is 0.362. The van der Waals surface area contributed by atoms with Crippen molar-refractivity contribution in [2.75, 3.05) is 76.2 Å². The van der Waals surface area contributed by atoms with E-state index in [4.69, 9.17) is 20.1 Å². The highest BCUT2D eigenvalue weighted by atomic mass is 32.1. The fraction of sp³-hybridized carbons (Fsp3) is 0.281. The second-order valence-electron chi connectivity index (χ2n) is 11.4. The predicted molar refractivity (Wildman–Crippen MR) is 191 cm³/mol. The predicted octanol–water partition coefficient (Wildman–Crippen LogP) is 5.34. The number of hydrogen-bond donors (Lipinski definition) is 4. The first-order chi connectivity index (χ1) is 22.2. The lowest BCUT2D eigenvalue weighted by molar-refractivity contribution is 0.312. The highest BCUT2D eigenvalue weighted by Crippen LogP contribution is 2.42. The van der Waals surface area contributed by atoms with Crippen LogP contribution in [0.1, 0.15) is 5.56 Å². The van der Waals surface area contributed by atoms with E-state index >= 15 is 0 Å². The van der Waals surface area contributed by atoms with E-state index in [0.717, 1.165) is 53.2 Å². The van der Waals surface area contributed by atoms with Crippen LogP contribution in [0.3, 0.4) is 0 Å². The van der Waals surface area contributed by atoms with Crippen LogP contribution >= 0.6 is 18.5 Å². The van der Waals surface area contributed by atoms with E-state index in [0.29, 0.717) is 45.2 Å². The van der Waals surface area contributed by atoms with Crippen LogP contribution in [0, 0.1) is 5.41 Å². The Morgan fingerprint density at radius 3 is 2.54 bits per heavy atom. The number of nitrogens with zero attached hydrogens (tertiary/aromatic N) is 6. The van der Waals surface area contributed by atoms with Crippen LogP contribution in [-0.2, 0) is 4.57 Å². The summed E-state index contributed by atoms with van der Waals surface area (Å²) < 4.78 is 19.4. The number of thiophene rings is 1. The normalized spacial score (nSPS) is 14.5. The van der Waals surface area contributed by atoms with Crippen LogP contribution in [0.5, 0.6) is 5.75 Å². The van der Waals surface area contributed by atoms with Gasteiger partial charge in [-0.1, -0.05) is 0 Å². The lowest BCUT2D eigenvalue weighted by Gasteiger charge is -2.35. The molecule has 0 radical (unpaired) electrons. The fourth-order valence-corrected chi connectivity index (χ4v) is 7.81. The molecule has 0 saturated carbocycles. The number of likely N-dealkylation sites (N-methyl/N-ethyl adjacent to an activating group) is 1. The van der Waals surface area contributed by atoms with Gasteiger partial charge in [0, 0.05) is 80.9 Å². The van der Waals surface area contributed by atoms with E-state index in [9.17, 15) is 4.57 Å². The molecule has 6 rings (SSSR count). The van der Waals surface area contributed by atoms with Gasteiger partial charge in [0.1, 0.15) is 29.1 Å². The lowest BCUT2D eigenvalue weighted by atomic mass is 10.0. The molecule has 46 heavy (non-hydrogen) atoms. The van der Waals surface area contributed by atoms with Gasteiger partial charge in [-0.05, 0) is 50.0 Å². The first-order valence-electron chi connectivity index (χ1n) is 14.8. The molecule has 238 valence electrons. The molecule has 1 saturated heterocycles. The van der Waals surface area contributed by atoms with Crippen LogP contribution in [-0.4, -0.2) is 91.8 Å². The summed E-state index contributed by atoms with van der Waals surface area (Å²) in [4.78, 5) is 24.1. The molecule has 0 spiro atoms. The monoisotopic (exact) mass is 656 g/mol. The smallest absolute Gasteiger partial charge is 0.230 e. The molecule has 5 aromatic rings. The third-order valence-corrected chi connectivity index (χ3v) is 10.2. The Bertz CT molecular complexity index is 2000. The Morgan fingerprint density at radius 2 is 1.83 bits per heavy atom. The SMILES string of the molecule is CN/C=C(\C=N)c1cc(Nc2nc(Nc3ccc4nccnc4c3P(C)(C)=O)c3ccsc3n2)c(OC)cc1N1CCN(C)CC1. The number of allylic oxidation sites excluding steroid dienone is 1. The minimum atomic E-state index is -2.78. The first kappa shape index (κ1) is 31.4. The summed E-state index contributed by atoms with van der Waals surface area (Å²) in [6.45, 7) is 7.08. The van der Waals surface area contributed by atoms with Crippen molar-refractivity contribution in [3.8, 4) is 5.75 Å². The van der Waals surface area contributed by atoms with Gasteiger partial charge in [-0.15, -0.1) is 11.3 Å². The van der Waals surface area contributed by atoms with E-state index < -0.39 is 7.14 Å². The molecule has 3 aromatic heterocycles. The molecule has 0 bridgehead atoms. The van der Waals surface area contributed by atoms with E-state index in [1.54, 1.807) is 32.8 Å². The van der Waals surface area contributed by atoms with Gasteiger partial charge in [0.05, 0.1) is 34.7 Å². The molecule has 0 atom stereocenters. The molecule has 4 N–H and O–H groups in total. The average molecular weight is 657 g/mol. The average Bonchev–Trinajstić information content (AvgIpc) is 3.52. The second-order valence-corrected chi connectivity index (χ2v) is 15.5. The minimum Gasteiger partial charge on any atom is -0.494 e. The number of methoxy groups -OCH3 is 1. The van der Waals surface area contributed by atoms with Gasteiger partial charge in [-0.2, -0.15) is 4.98 Å². The lowest BCUT2D eigenvalue weighted by Crippen LogP contribution is -2.44. The maximum Gasteiger partial charge on any atom is 0.230 e. The molecule has 0 unspecified atom stereocenters. The van der Waals surface area contributed by atoms with E-state index in [1.807, 2.05) is 49.0 Å². The molecule has 12 nitrogen and oxygen atoms in total. The maximum absolute atomic E-state index is 13.6. The molecule has 14 heteroatoms. The van der Waals surface area contributed by atoms with Gasteiger partial charge < -0.3 is 40.5 Å². The summed E-state index contributed by atoms with van der Waals surface area (Å²) >= 11 is 1.50. The van der Waals surface area contributed by atoms with Crippen molar-refractivity contribution in [2.24, 2.45) is 0 Å². The van der Waals surface area contributed by atoms with Crippen molar-refractivity contribution in [1.82, 2.24) is 30.2 Å². The standard InChI is InChI=1S/C32H37N10O2PS/c1-34-19-20(18-33)22-16-25(27(44-3)17-26(22)42-13-11-41(2)12-14-42)38-32-39-30(21-8-15-46-31(21)40-32)37-24-7-6-23-28(36-10-9-35-23)29(24)45(4,5)43/h6-10,15-19,33-34H,11-14H2,1-5H3,(H2,37,38,39,40)/b20-19+,33-18?. The zero-order chi connectivity index (χ0) is 32.4. The van der Waals surface area contributed by atoms with Gasteiger partial charge in [0.15, 0.2) is 0 Å². The van der Waals surface area contributed by atoms with Crippen molar-refractivity contribution < 1.29 is 9.30 Å². The zero-order valence-electron chi connectivity index (χ0n) is 26.5. The molecule has 0 amide bonds. The second kappa shape index (κ2) is 13.0. The summed E-state index contributed by atoms with van der Waals surface area (Å²) in [7, 11) is 2.81. The Kier molecular flexibility index (Phi) is 8.90. The van der Waals surface area contributed by atoms with Gasteiger partial charge >= 0.3 is 0 Å². The highest BCUT2D eigenvalue weighted by molar-refractivity contribution is 7.71. The third-order valence-electron chi connectivity index (χ3n) is 7.91. The summed E-state index contributed by atoms with van der Waals surface area (Å²) in [5.74, 6) is 1.56. The summed E-state index contributed by atoms with van der Waals surface area (Å²) in [6.07, 6.45) is 6.41. The summed E-state index contributed by atoms with van der Waals surface area (Å²) in [6, 6.07) is 9.70. The summed E-state index contributed by atoms with van der Waals surface area (Å²) in [5, 5.41) is 21.5. The van der Waals surface area contributed by atoms with Crippen molar-refractivity contribution in [3.63, 3.8) is 0 Å². The van der Waals surface area contributed by atoms with E-state index in [1.165, 1.54) is 17.6 Å². The Hall–Kier alpha value is -4.58. The number of anilines is 5. The van der Waals surface area contributed by atoms with Crippen LogP contribution < -0.4 is 30.9 Å². The number of ether oxygens (including phenoxy) is 1. The van der Waals surface area contributed by atoms with Crippen LogP contribution in [0.2, 0.25) is 0 Å². The number of benzene rings is 2. The molecule has 2 aromatic carbocycles. The van der Waals surface area contributed by atoms with Crippen molar-refractivity contribution in [1.29, 1.82) is 5.41 Å². The Labute approximate surface area is 271 Å². The van der Waals surface area contributed by atoms with E-state index in [2.05, 4.69) is 42.8 Å². The van der Waals surface area contributed by atoms with Gasteiger partial charge in [-0.25, -0.2) is 4.98 Å². The fourth-order valence-electron chi connectivity index (χ4n) is 5.65. The van der Waals surface area contributed by atoms with Crippen molar-refractivity contribution in [3.05, 3.63) is 59.9 Å². The molecule has 4 heterocycles. The topological polar surface area (TPSA) is 144 Å². The number of hydrogen-bond acceptors (Lipinski definition) is 13. The molecule has 1 aliphatic rings. The van der Waals surface area contributed by atoms with Crippen LogP contribution in [0.25, 0.3) is 26.8 Å². The Balaban J connectivity index is 1.43. The van der Waals surface area contributed by atoms with Crippen molar-refractivity contribution >= 4 is 85.6 Å². The molecular formula is C32H37N10O2PS. The third kappa shape index (κ3) is 6.26. The molecule has 1 aliphatic heterocycles. The quantitative estimate of drug-likeness (QED) is 0.114. The first-order valence-corrected chi connectivity index (χ1v) is 18.3.